The monoisotopic (exact) mass is 167 g/mol. The molecule has 0 aromatic rings. The standard InChI is InChI=1S/C4H10NO4P/c1-3(5-6)4(2)10(7,8)9/h4,6H,1-2H3,(H2,7,8,9). The van der Waals surface area contributed by atoms with Crippen molar-refractivity contribution in [1.29, 1.82) is 0 Å². The molecule has 10 heavy (non-hydrogen) atoms. The van der Waals surface area contributed by atoms with E-state index in [4.69, 9.17) is 15.0 Å². The van der Waals surface area contributed by atoms with Crippen LogP contribution in [0.15, 0.2) is 5.16 Å². The fourth-order valence-electron chi connectivity index (χ4n) is 0.327. The SMILES string of the molecule is CC(=NO)C(C)P(=O)(O)O. The van der Waals surface area contributed by atoms with Crippen molar-refractivity contribution in [1.82, 2.24) is 0 Å². The summed E-state index contributed by atoms with van der Waals surface area (Å²) >= 11 is 0. The van der Waals surface area contributed by atoms with E-state index in [1.807, 2.05) is 0 Å². The molecule has 5 nitrogen and oxygen atoms in total. The van der Waals surface area contributed by atoms with Crippen LogP contribution in [0.2, 0.25) is 0 Å². The molecule has 1 atom stereocenters. The lowest BCUT2D eigenvalue weighted by Gasteiger charge is -2.10. The Morgan fingerprint density at radius 1 is 1.60 bits per heavy atom. The van der Waals surface area contributed by atoms with Gasteiger partial charge in [-0.25, -0.2) is 0 Å². The molecule has 0 heterocycles. The average molecular weight is 167 g/mol. The number of hydrogen-bond acceptors (Lipinski definition) is 3. The zero-order valence-corrected chi connectivity index (χ0v) is 6.62. The van der Waals surface area contributed by atoms with Crippen LogP contribution in [0.3, 0.4) is 0 Å². The minimum atomic E-state index is -4.12. The number of nitrogens with zero attached hydrogens (tertiary/aromatic N) is 1. The summed E-state index contributed by atoms with van der Waals surface area (Å²) in [6, 6.07) is 0. The highest BCUT2D eigenvalue weighted by molar-refractivity contribution is 7.53. The molecule has 0 radical (unpaired) electrons. The van der Waals surface area contributed by atoms with Crippen LogP contribution in [0.5, 0.6) is 0 Å². The van der Waals surface area contributed by atoms with Crippen LogP contribution in [0.4, 0.5) is 0 Å². The van der Waals surface area contributed by atoms with E-state index in [1.54, 1.807) is 0 Å². The summed E-state index contributed by atoms with van der Waals surface area (Å²) in [7, 11) is -4.12. The molecule has 0 rings (SSSR count). The first-order valence-electron chi connectivity index (χ1n) is 2.63. The minimum Gasteiger partial charge on any atom is -0.411 e. The van der Waals surface area contributed by atoms with Crippen LogP contribution in [-0.4, -0.2) is 26.4 Å². The lowest BCUT2D eigenvalue weighted by atomic mass is 10.3. The van der Waals surface area contributed by atoms with Gasteiger partial charge in [0.1, 0.15) is 0 Å². The third-order valence-electron chi connectivity index (χ3n) is 1.27. The van der Waals surface area contributed by atoms with Gasteiger partial charge in [0.15, 0.2) is 0 Å². The zero-order valence-electron chi connectivity index (χ0n) is 5.72. The van der Waals surface area contributed by atoms with Crippen molar-refractivity contribution in [3.8, 4) is 0 Å². The summed E-state index contributed by atoms with van der Waals surface area (Å²) in [4.78, 5) is 17.0. The van der Waals surface area contributed by atoms with Gasteiger partial charge in [-0.3, -0.25) is 4.57 Å². The van der Waals surface area contributed by atoms with Crippen LogP contribution in [0.25, 0.3) is 0 Å². The van der Waals surface area contributed by atoms with E-state index >= 15 is 0 Å². The average Bonchev–Trinajstić information content (AvgIpc) is 1.83. The molecule has 0 spiro atoms. The maximum absolute atomic E-state index is 10.4. The summed E-state index contributed by atoms with van der Waals surface area (Å²) in [5.74, 6) is 0. The molecule has 0 aliphatic heterocycles. The molecule has 0 bridgehead atoms. The van der Waals surface area contributed by atoms with Crippen molar-refractivity contribution >= 4 is 13.3 Å². The predicted molar refractivity (Wildman–Crippen MR) is 36.4 cm³/mol. The molecule has 0 fully saturated rings. The second-order valence-corrected chi connectivity index (χ2v) is 3.96. The molecule has 0 saturated heterocycles. The molecule has 6 heteroatoms. The van der Waals surface area contributed by atoms with Gasteiger partial charge in [0.25, 0.3) is 0 Å². The molecule has 0 aliphatic carbocycles. The van der Waals surface area contributed by atoms with Gasteiger partial charge in [0.05, 0.1) is 11.4 Å². The topological polar surface area (TPSA) is 90.1 Å². The summed E-state index contributed by atoms with van der Waals surface area (Å²) in [5, 5.41) is 10.8. The maximum atomic E-state index is 10.4. The van der Waals surface area contributed by atoms with Crippen LogP contribution < -0.4 is 0 Å². The van der Waals surface area contributed by atoms with Crippen molar-refractivity contribution in [2.24, 2.45) is 5.16 Å². The quantitative estimate of drug-likeness (QED) is 0.240. The number of oxime groups is 1. The summed E-state index contributed by atoms with van der Waals surface area (Å²) < 4.78 is 10.4. The minimum absolute atomic E-state index is 0.0355. The molecule has 0 aromatic carbocycles. The van der Waals surface area contributed by atoms with Gasteiger partial charge in [0, 0.05) is 0 Å². The zero-order chi connectivity index (χ0) is 8.36. The van der Waals surface area contributed by atoms with E-state index in [9.17, 15) is 4.57 Å². The summed E-state index contributed by atoms with van der Waals surface area (Å²) in [6.45, 7) is 2.65. The van der Waals surface area contributed by atoms with Gasteiger partial charge in [-0.05, 0) is 13.8 Å². The van der Waals surface area contributed by atoms with Crippen LogP contribution in [0, 0.1) is 0 Å². The fourth-order valence-corrected chi connectivity index (χ4v) is 0.865. The third kappa shape index (κ3) is 2.47. The molecule has 0 amide bonds. The molecule has 0 aromatic heterocycles. The van der Waals surface area contributed by atoms with Crippen molar-refractivity contribution in [3.05, 3.63) is 0 Å². The second-order valence-electron chi connectivity index (χ2n) is 2.01. The Kier molecular flexibility index (Phi) is 3.02. The Bertz CT molecular complexity index is 184. The summed E-state index contributed by atoms with van der Waals surface area (Å²) in [6.07, 6.45) is 0. The first-order chi connectivity index (χ1) is 4.39. The predicted octanol–water partition coefficient (Wildman–Crippen LogP) is 0.403. The van der Waals surface area contributed by atoms with Gasteiger partial charge in [-0.2, -0.15) is 0 Å². The highest BCUT2D eigenvalue weighted by Crippen LogP contribution is 2.41. The number of hydrogen-bond donors (Lipinski definition) is 3. The Hall–Kier alpha value is -0.380. The second kappa shape index (κ2) is 3.14. The lowest BCUT2D eigenvalue weighted by molar-refractivity contribution is 0.315. The van der Waals surface area contributed by atoms with Crippen molar-refractivity contribution in [2.45, 2.75) is 19.5 Å². The van der Waals surface area contributed by atoms with E-state index in [1.165, 1.54) is 13.8 Å². The molecule has 3 N–H and O–H groups in total. The lowest BCUT2D eigenvalue weighted by Crippen LogP contribution is -2.13. The normalized spacial score (nSPS) is 17.0. The van der Waals surface area contributed by atoms with Crippen LogP contribution in [0.1, 0.15) is 13.8 Å². The van der Waals surface area contributed by atoms with Crippen molar-refractivity contribution in [3.63, 3.8) is 0 Å². The Morgan fingerprint density at radius 2 is 2.00 bits per heavy atom. The highest BCUT2D eigenvalue weighted by atomic mass is 31.2. The molecule has 1 unspecified atom stereocenters. The van der Waals surface area contributed by atoms with Gasteiger partial charge in [-0.15, -0.1) is 0 Å². The molecular formula is C4H10NO4P. The first-order valence-corrected chi connectivity index (χ1v) is 4.31. The van der Waals surface area contributed by atoms with E-state index in [0.717, 1.165) is 0 Å². The fraction of sp³-hybridized carbons (Fsp3) is 0.750. The van der Waals surface area contributed by atoms with E-state index in [-0.39, 0.29) is 5.71 Å². The third-order valence-corrected chi connectivity index (χ3v) is 2.65. The Morgan fingerprint density at radius 3 is 2.10 bits per heavy atom. The van der Waals surface area contributed by atoms with E-state index < -0.39 is 13.3 Å². The van der Waals surface area contributed by atoms with Crippen molar-refractivity contribution in [2.75, 3.05) is 0 Å². The Balaban J connectivity index is 4.38. The van der Waals surface area contributed by atoms with Gasteiger partial charge in [0.2, 0.25) is 0 Å². The molecular weight excluding hydrogens is 157 g/mol. The van der Waals surface area contributed by atoms with Gasteiger partial charge < -0.3 is 15.0 Å². The molecule has 60 valence electrons. The molecule has 0 aliphatic rings. The largest absolute Gasteiger partial charge is 0.411 e. The van der Waals surface area contributed by atoms with Crippen LogP contribution in [-0.2, 0) is 4.57 Å². The maximum Gasteiger partial charge on any atom is 0.334 e. The highest BCUT2D eigenvalue weighted by Gasteiger charge is 2.26. The molecule has 0 saturated carbocycles. The van der Waals surface area contributed by atoms with Gasteiger partial charge in [-0.1, -0.05) is 5.16 Å². The first kappa shape index (κ1) is 9.62. The number of rotatable bonds is 2. The van der Waals surface area contributed by atoms with Gasteiger partial charge >= 0.3 is 7.60 Å². The van der Waals surface area contributed by atoms with E-state index in [0.29, 0.717) is 0 Å². The summed E-state index contributed by atoms with van der Waals surface area (Å²) in [5.41, 5.74) is -0.967. The smallest absolute Gasteiger partial charge is 0.334 e. The van der Waals surface area contributed by atoms with E-state index in [2.05, 4.69) is 5.16 Å². The van der Waals surface area contributed by atoms with Crippen LogP contribution >= 0.6 is 7.60 Å². The van der Waals surface area contributed by atoms with Crippen molar-refractivity contribution < 1.29 is 19.6 Å². The Labute approximate surface area is 58.5 Å².